The van der Waals surface area contributed by atoms with Crippen molar-refractivity contribution in [2.45, 2.75) is 65.2 Å². The zero-order valence-corrected chi connectivity index (χ0v) is 17.3. The van der Waals surface area contributed by atoms with Crippen LogP contribution in [0.25, 0.3) is 0 Å². The quantitative estimate of drug-likeness (QED) is 0.375. The van der Waals surface area contributed by atoms with E-state index in [-0.39, 0.29) is 23.5 Å². The van der Waals surface area contributed by atoms with E-state index in [0.717, 1.165) is 25.7 Å². The maximum Gasteiger partial charge on any atom is 0.320 e. The van der Waals surface area contributed by atoms with Crippen LogP contribution in [0.3, 0.4) is 0 Å². The van der Waals surface area contributed by atoms with Gasteiger partial charge in [-0.25, -0.2) is 0 Å². The van der Waals surface area contributed by atoms with Gasteiger partial charge in [-0.15, -0.1) is 0 Å². The number of halogens is 1. The fourth-order valence-electron chi connectivity index (χ4n) is 3.25. The zero-order valence-electron chi connectivity index (χ0n) is 15.7. The van der Waals surface area contributed by atoms with Crippen LogP contribution in [0.2, 0.25) is 0 Å². The van der Waals surface area contributed by atoms with Crippen LogP contribution >= 0.6 is 15.9 Å². The third kappa shape index (κ3) is 5.89. The number of ketones is 2. The van der Waals surface area contributed by atoms with Crippen LogP contribution in [0.15, 0.2) is 0 Å². The van der Waals surface area contributed by atoms with Gasteiger partial charge in [0.25, 0.3) is 0 Å². The van der Waals surface area contributed by atoms with Crippen molar-refractivity contribution in [3.05, 3.63) is 0 Å². The Balaban J connectivity index is 0.000000263. The molecule has 0 aromatic carbocycles. The van der Waals surface area contributed by atoms with Gasteiger partial charge in [0, 0.05) is 18.2 Å². The summed E-state index contributed by atoms with van der Waals surface area (Å²) < 4.78 is 9.75. The number of hydrogen-bond acceptors (Lipinski definition) is 6. The molecule has 2 fully saturated rings. The van der Waals surface area contributed by atoms with Crippen LogP contribution in [0.5, 0.6) is 0 Å². The highest BCUT2D eigenvalue weighted by Crippen LogP contribution is 2.36. The van der Waals surface area contributed by atoms with E-state index in [4.69, 9.17) is 9.47 Å². The first-order valence-corrected chi connectivity index (χ1v) is 10.5. The van der Waals surface area contributed by atoms with Crippen molar-refractivity contribution in [1.29, 1.82) is 0 Å². The molecule has 2 atom stereocenters. The van der Waals surface area contributed by atoms with Crippen molar-refractivity contribution in [2.24, 2.45) is 11.3 Å². The van der Waals surface area contributed by atoms with E-state index < -0.39 is 11.3 Å². The van der Waals surface area contributed by atoms with E-state index in [0.29, 0.717) is 44.2 Å². The highest BCUT2D eigenvalue weighted by atomic mass is 79.9. The van der Waals surface area contributed by atoms with Crippen molar-refractivity contribution >= 4 is 39.4 Å². The molecule has 0 spiro atoms. The lowest BCUT2D eigenvalue weighted by molar-refractivity contribution is -0.160. The molecular weight excluding hydrogens is 404 g/mol. The number of esters is 2. The number of rotatable bonds is 5. The van der Waals surface area contributed by atoms with Crippen LogP contribution in [-0.2, 0) is 28.7 Å². The Morgan fingerprint density at radius 1 is 1.04 bits per heavy atom. The molecule has 26 heavy (non-hydrogen) atoms. The van der Waals surface area contributed by atoms with Gasteiger partial charge >= 0.3 is 11.9 Å². The van der Waals surface area contributed by atoms with Crippen LogP contribution in [0, 0.1) is 11.3 Å². The molecular formula is C19H29BrO6. The monoisotopic (exact) mass is 432 g/mol. The molecule has 2 rings (SSSR count). The maximum atomic E-state index is 11.7. The molecule has 2 saturated carbocycles. The van der Waals surface area contributed by atoms with E-state index in [9.17, 15) is 19.2 Å². The number of carbonyl (C=O) groups excluding carboxylic acids is 4. The second kappa shape index (κ2) is 11.5. The molecule has 7 heteroatoms. The van der Waals surface area contributed by atoms with E-state index in [1.807, 2.05) is 0 Å². The smallest absolute Gasteiger partial charge is 0.320 e. The standard InChI is InChI=1S/C10H15BrO3.C9H14O3/c1-2-14-9(13)10(7-11)6-4-3-5-8(10)12;1-2-12-9(11)7-5-3-4-6-8(7)10/h2-7H2,1H3;7H,2-6H2,1H3. The third-order valence-electron chi connectivity index (χ3n) is 4.81. The van der Waals surface area contributed by atoms with Gasteiger partial charge in [0.1, 0.15) is 17.1 Å². The molecule has 0 saturated heterocycles. The summed E-state index contributed by atoms with van der Waals surface area (Å²) in [4.78, 5) is 45.8. The van der Waals surface area contributed by atoms with Crippen molar-refractivity contribution < 1.29 is 28.7 Å². The second-order valence-electron chi connectivity index (χ2n) is 6.58. The lowest BCUT2D eigenvalue weighted by Gasteiger charge is -2.31. The molecule has 0 aromatic heterocycles. The predicted molar refractivity (Wildman–Crippen MR) is 99.9 cm³/mol. The van der Waals surface area contributed by atoms with Crippen molar-refractivity contribution in [2.75, 3.05) is 18.5 Å². The average molecular weight is 433 g/mol. The van der Waals surface area contributed by atoms with Gasteiger partial charge in [-0.1, -0.05) is 28.8 Å². The van der Waals surface area contributed by atoms with Crippen LogP contribution in [0.4, 0.5) is 0 Å². The molecule has 148 valence electrons. The molecule has 0 aromatic rings. The number of carbonyl (C=O) groups is 4. The largest absolute Gasteiger partial charge is 0.465 e. The first-order chi connectivity index (χ1) is 12.4. The Morgan fingerprint density at radius 2 is 1.69 bits per heavy atom. The van der Waals surface area contributed by atoms with Crippen molar-refractivity contribution in [1.82, 2.24) is 0 Å². The summed E-state index contributed by atoms with van der Waals surface area (Å²) in [5, 5.41) is 0.387. The molecule has 6 nitrogen and oxygen atoms in total. The number of Topliss-reactive ketones (excluding diaryl/α,β-unsaturated/α-hetero) is 2. The maximum absolute atomic E-state index is 11.7. The second-order valence-corrected chi connectivity index (χ2v) is 7.14. The van der Waals surface area contributed by atoms with Gasteiger partial charge in [-0.05, 0) is 39.5 Å². The molecule has 0 N–H and O–H groups in total. The number of ether oxygens (including phenoxy) is 2. The summed E-state index contributed by atoms with van der Waals surface area (Å²) >= 11 is 3.26. The van der Waals surface area contributed by atoms with E-state index in [1.54, 1.807) is 13.8 Å². The Bertz CT molecular complexity index is 518. The fourth-order valence-corrected chi connectivity index (χ4v) is 4.07. The molecule has 0 heterocycles. The Morgan fingerprint density at radius 3 is 2.23 bits per heavy atom. The van der Waals surface area contributed by atoms with Crippen molar-refractivity contribution in [3.63, 3.8) is 0 Å². The number of hydrogen-bond donors (Lipinski definition) is 0. The SMILES string of the molecule is CCOC(=O)C1(CBr)CCCCC1=O.CCOC(=O)C1CCCCC1=O. The Hall–Kier alpha value is -1.24. The zero-order chi connectivity index (χ0) is 19.6. The summed E-state index contributed by atoms with van der Waals surface area (Å²) in [6, 6.07) is 0. The summed E-state index contributed by atoms with van der Waals surface area (Å²) in [5.41, 5.74) is -0.895. The van der Waals surface area contributed by atoms with Crippen molar-refractivity contribution in [3.8, 4) is 0 Å². The van der Waals surface area contributed by atoms with Gasteiger partial charge < -0.3 is 9.47 Å². The van der Waals surface area contributed by atoms with Gasteiger partial charge in [0.05, 0.1) is 13.2 Å². The van der Waals surface area contributed by atoms with E-state index in [1.165, 1.54) is 0 Å². The fraction of sp³-hybridized carbons (Fsp3) is 0.789. The average Bonchev–Trinajstić information content (AvgIpc) is 2.63. The molecule has 0 radical (unpaired) electrons. The van der Waals surface area contributed by atoms with Crippen LogP contribution in [-0.4, -0.2) is 42.0 Å². The Kier molecular flexibility index (Phi) is 10.1. The summed E-state index contributed by atoms with van der Waals surface area (Å²) in [7, 11) is 0. The summed E-state index contributed by atoms with van der Waals surface area (Å²) in [6.07, 6.45) is 6.06. The highest BCUT2D eigenvalue weighted by Gasteiger charge is 2.46. The lowest BCUT2D eigenvalue weighted by atomic mass is 9.74. The Labute approximate surface area is 163 Å². The van der Waals surface area contributed by atoms with Gasteiger partial charge in [0.2, 0.25) is 0 Å². The molecule has 2 aliphatic carbocycles. The van der Waals surface area contributed by atoms with Gasteiger partial charge in [-0.2, -0.15) is 0 Å². The van der Waals surface area contributed by atoms with Crippen LogP contribution < -0.4 is 0 Å². The van der Waals surface area contributed by atoms with E-state index in [2.05, 4.69) is 15.9 Å². The normalized spacial score (nSPS) is 25.7. The van der Waals surface area contributed by atoms with Crippen LogP contribution in [0.1, 0.15) is 65.2 Å². The topological polar surface area (TPSA) is 86.7 Å². The summed E-state index contributed by atoms with van der Waals surface area (Å²) in [5.74, 6) is -1.07. The molecule has 0 amide bonds. The molecule has 2 unspecified atom stereocenters. The minimum Gasteiger partial charge on any atom is -0.465 e. The minimum atomic E-state index is -0.895. The third-order valence-corrected chi connectivity index (χ3v) is 5.77. The minimum absolute atomic E-state index is 0.0269. The van der Waals surface area contributed by atoms with E-state index >= 15 is 0 Å². The lowest BCUT2D eigenvalue weighted by Crippen LogP contribution is -2.44. The first kappa shape index (κ1) is 22.8. The summed E-state index contributed by atoms with van der Waals surface area (Å²) in [6.45, 7) is 4.21. The number of alkyl halides is 1. The highest BCUT2D eigenvalue weighted by molar-refractivity contribution is 9.09. The molecule has 2 aliphatic rings. The molecule has 0 bridgehead atoms. The first-order valence-electron chi connectivity index (χ1n) is 9.38. The predicted octanol–water partition coefficient (Wildman–Crippen LogP) is 3.38. The van der Waals surface area contributed by atoms with Gasteiger partial charge in [0.15, 0.2) is 5.78 Å². The molecule has 0 aliphatic heterocycles. The van der Waals surface area contributed by atoms with Gasteiger partial charge in [-0.3, -0.25) is 19.2 Å².